The summed E-state index contributed by atoms with van der Waals surface area (Å²) in [6.45, 7) is 0.443. The van der Waals surface area contributed by atoms with Crippen LogP contribution in [-0.2, 0) is 10.0 Å². The topological polar surface area (TPSA) is 72.2 Å². The first-order valence-electron chi connectivity index (χ1n) is 5.37. The molecule has 0 amide bonds. The maximum atomic E-state index is 11.2. The third kappa shape index (κ3) is 2.61. The minimum atomic E-state index is -3.39. The first kappa shape index (κ1) is 11.6. The quantitative estimate of drug-likeness (QED) is 0.802. The number of piperidine rings is 1. The van der Waals surface area contributed by atoms with Crippen LogP contribution in [0.2, 0.25) is 0 Å². The van der Waals surface area contributed by atoms with Crippen LogP contribution in [0.4, 0.5) is 0 Å². The van der Waals surface area contributed by atoms with E-state index in [4.69, 9.17) is 5.14 Å². The summed E-state index contributed by atoms with van der Waals surface area (Å²) in [5.74, 6) is 0. The second-order valence-corrected chi connectivity index (χ2v) is 6.00. The van der Waals surface area contributed by atoms with E-state index in [0.29, 0.717) is 13.0 Å². The fourth-order valence-corrected chi connectivity index (χ4v) is 2.87. The van der Waals surface area contributed by atoms with Crippen molar-refractivity contribution in [2.45, 2.75) is 24.1 Å². The van der Waals surface area contributed by atoms with Gasteiger partial charge in [0.2, 0.25) is 10.0 Å². The van der Waals surface area contributed by atoms with Crippen LogP contribution in [0.25, 0.3) is 0 Å². The lowest BCUT2D eigenvalue weighted by atomic mass is 9.97. The van der Waals surface area contributed by atoms with Crippen LogP contribution in [0.5, 0.6) is 0 Å². The summed E-state index contributed by atoms with van der Waals surface area (Å²) >= 11 is 0. The maximum absolute atomic E-state index is 11.2. The van der Waals surface area contributed by atoms with Gasteiger partial charge < -0.3 is 5.32 Å². The molecule has 1 aromatic carbocycles. The average Bonchev–Trinajstić information content (AvgIpc) is 2.29. The van der Waals surface area contributed by atoms with Crippen molar-refractivity contribution in [1.82, 2.24) is 5.32 Å². The molecule has 2 atom stereocenters. The van der Waals surface area contributed by atoms with E-state index >= 15 is 0 Å². The van der Waals surface area contributed by atoms with Crippen molar-refractivity contribution in [2.24, 2.45) is 5.14 Å². The number of nitrogens with two attached hydrogens (primary N) is 1. The molecule has 5 heteroatoms. The molecular weight excluding hydrogens is 224 g/mol. The molecule has 0 aromatic heterocycles. The number of sulfonamides is 1. The van der Waals surface area contributed by atoms with Crippen LogP contribution in [0.15, 0.2) is 30.3 Å². The molecule has 0 bridgehead atoms. The zero-order chi connectivity index (χ0) is 11.6. The van der Waals surface area contributed by atoms with Gasteiger partial charge in [-0.15, -0.1) is 0 Å². The molecule has 1 fully saturated rings. The Morgan fingerprint density at radius 2 is 1.88 bits per heavy atom. The second-order valence-electron chi connectivity index (χ2n) is 4.16. The molecule has 3 N–H and O–H groups in total. The summed E-state index contributed by atoms with van der Waals surface area (Å²) in [5.41, 5.74) is 1.20. The summed E-state index contributed by atoms with van der Waals surface area (Å²) in [5, 5.41) is 7.92. The van der Waals surface area contributed by atoms with Crippen LogP contribution >= 0.6 is 0 Å². The Morgan fingerprint density at radius 1 is 1.19 bits per heavy atom. The molecule has 88 valence electrons. The predicted molar refractivity (Wildman–Crippen MR) is 63.3 cm³/mol. The van der Waals surface area contributed by atoms with Gasteiger partial charge in [0, 0.05) is 12.6 Å². The van der Waals surface area contributed by atoms with Gasteiger partial charge in [-0.25, -0.2) is 13.6 Å². The van der Waals surface area contributed by atoms with E-state index in [1.807, 2.05) is 18.2 Å². The van der Waals surface area contributed by atoms with Gasteiger partial charge in [-0.2, -0.15) is 0 Å². The van der Waals surface area contributed by atoms with Crippen LogP contribution in [0.1, 0.15) is 24.4 Å². The fourth-order valence-electron chi connectivity index (χ4n) is 2.08. The lowest BCUT2D eigenvalue weighted by Gasteiger charge is -2.28. The largest absolute Gasteiger partial charge is 0.309 e. The molecular formula is C11H16N2O2S. The SMILES string of the molecule is NS(=O)(=O)C1CCC(c2ccccc2)NC1. The van der Waals surface area contributed by atoms with Gasteiger partial charge in [-0.1, -0.05) is 30.3 Å². The van der Waals surface area contributed by atoms with Crippen molar-refractivity contribution in [3.8, 4) is 0 Å². The molecule has 1 heterocycles. The Kier molecular flexibility index (Phi) is 3.28. The van der Waals surface area contributed by atoms with E-state index in [1.165, 1.54) is 5.56 Å². The van der Waals surface area contributed by atoms with Crippen molar-refractivity contribution in [3.63, 3.8) is 0 Å². The number of hydrogen-bond donors (Lipinski definition) is 2. The summed E-state index contributed by atoms with van der Waals surface area (Å²) < 4.78 is 22.3. The van der Waals surface area contributed by atoms with E-state index in [9.17, 15) is 8.42 Å². The van der Waals surface area contributed by atoms with Gasteiger partial charge in [0.1, 0.15) is 0 Å². The molecule has 1 aliphatic heterocycles. The molecule has 1 aromatic rings. The highest BCUT2D eigenvalue weighted by atomic mass is 32.2. The van der Waals surface area contributed by atoms with Crippen molar-refractivity contribution in [1.29, 1.82) is 0 Å². The summed E-state index contributed by atoms with van der Waals surface area (Å²) in [7, 11) is -3.39. The van der Waals surface area contributed by atoms with Crippen LogP contribution in [0, 0.1) is 0 Å². The van der Waals surface area contributed by atoms with Crippen molar-refractivity contribution >= 4 is 10.0 Å². The standard InChI is InChI=1S/C11H16N2O2S/c12-16(14,15)10-6-7-11(13-8-10)9-4-2-1-3-5-9/h1-5,10-11,13H,6-8H2,(H2,12,14,15). The number of nitrogens with one attached hydrogen (secondary N) is 1. The Labute approximate surface area is 95.9 Å². The van der Waals surface area contributed by atoms with Crippen molar-refractivity contribution in [3.05, 3.63) is 35.9 Å². The summed E-state index contributed by atoms with van der Waals surface area (Å²) in [4.78, 5) is 0. The Balaban J connectivity index is 2.01. The maximum Gasteiger partial charge on any atom is 0.213 e. The normalized spacial score (nSPS) is 26.6. The van der Waals surface area contributed by atoms with Gasteiger partial charge in [-0.05, 0) is 18.4 Å². The lowest BCUT2D eigenvalue weighted by molar-refractivity contribution is 0.408. The minimum Gasteiger partial charge on any atom is -0.309 e. The molecule has 0 radical (unpaired) electrons. The zero-order valence-electron chi connectivity index (χ0n) is 8.96. The third-order valence-electron chi connectivity index (χ3n) is 3.04. The molecule has 1 saturated heterocycles. The van der Waals surface area contributed by atoms with Gasteiger partial charge in [0.25, 0.3) is 0 Å². The van der Waals surface area contributed by atoms with Crippen LogP contribution < -0.4 is 10.5 Å². The van der Waals surface area contributed by atoms with E-state index < -0.39 is 15.3 Å². The van der Waals surface area contributed by atoms with Crippen molar-refractivity contribution in [2.75, 3.05) is 6.54 Å². The Hall–Kier alpha value is -0.910. The molecule has 0 saturated carbocycles. The molecule has 4 nitrogen and oxygen atoms in total. The van der Waals surface area contributed by atoms with E-state index in [2.05, 4.69) is 17.4 Å². The highest BCUT2D eigenvalue weighted by Crippen LogP contribution is 2.24. The Morgan fingerprint density at radius 3 is 2.38 bits per heavy atom. The summed E-state index contributed by atoms with van der Waals surface area (Å²) in [6, 6.07) is 10.3. The van der Waals surface area contributed by atoms with E-state index in [-0.39, 0.29) is 6.04 Å². The minimum absolute atomic E-state index is 0.249. The van der Waals surface area contributed by atoms with Crippen LogP contribution in [-0.4, -0.2) is 20.2 Å². The highest BCUT2D eigenvalue weighted by molar-refractivity contribution is 7.89. The van der Waals surface area contributed by atoms with Gasteiger partial charge >= 0.3 is 0 Å². The fraction of sp³-hybridized carbons (Fsp3) is 0.455. The number of hydrogen-bond acceptors (Lipinski definition) is 3. The van der Waals surface area contributed by atoms with Crippen LogP contribution in [0.3, 0.4) is 0 Å². The predicted octanol–water partition coefficient (Wildman–Crippen LogP) is 0.768. The molecule has 2 unspecified atom stereocenters. The molecule has 1 aliphatic rings. The molecule has 2 rings (SSSR count). The van der Waals surface area contributed by atoms with E-state index in [1.54, 1.807) is 0 Å². The van der Waals surface area contributed by atoms with Gasteiger partial charge in [0.05, 0.1) is 5.25 Å². The highest BCUT2D eigenvalue weighted by Gasteiger charge is 2.28. The Bertz CT molecular complexity index is 436. The number of benzene rings is 1. The second kappa shape index (κ2) is 4.53. The van der Waals surface area contributed by atoms with Crippen molar-refractivity contribution < 1.29 is 8.42 Å². The average molecular weight is 240 g/mol. The first-order chi connectivity index (χ1) is 7.57. The molecule has 16 heavy (non-hydrogen) atoms. The summed E-state index contributed by atoms with van der Waals surface area (Å²) in [6.07, 6.45) is 1.44. The lowest BCUT2D eigenvalue weighted by Crippen LogP contribution is -2.43. The third-order valence-corrected chi connectivity index (χ3v) is 4.37. The first-order valence-corrected chi connectivity index (χ1v) is 6.98. The monoisotopic (exact) mass is 240 g/mol. The van der Waals surface area contributed by atoms with E-state index in [0.717, 1.165) is 6.42 Å². The zero-order valence-corrected chi connectivity index (χ0v) is 9.78. The smallest absolute Gasteiger partial charge is 0.213 e. The van der Waals surface area contributed by atoms with Gasteiger partial charge in [-0.3, -0.25) is 0 Å². The molecule has 0 spiro atoms. The van der Waals surface area contributed by atoms with Gasteiger partial charge in [0.15, 0.2) is 0 Å². The number of rotatable bonds is 2. The number of primary sulfonamides is 1. The molecule has 0 aliphatic carbocycles.